The van der Waals surface area contributed by atoms with Crippen molar-refractivity contribution in [1.82, 2.24) is 18.5 Å². The number of rotatable bonds is 2. The van der Waals surface area contributed by atoms with Crippen molar-refractivity contribution in [3.8, 4) is 11.5 Å². The first-order chi connectivity index (χ1) is 11.4. The molecular weight excluding hydrogens is 338 g/mol. The fraction of sp³-hybridized carbons (Fsp3) is 0.154. The van der Waals surface area contributed by atoms with Crippen LogP contribution in [0.3, 0.4) is 0 Å². The summed E-state index contributed by atoms with van der Waals surface area (Å²) in [5.74, 6) is -0.155. The average Bonchev–Trinajstić information content (AvgIpc) is 3.24. The van der Waals surface area contributed by atoms with E-state index in [1.165, 1.54) is 42.1 Å². The summed E-state index contributed by atoms with van der Waals surface area (Å²) >= 11 is 1.24. The number of aromatic nitrogens is 4. The molecule has 0 N–H and O–H groups in total. The highest BCUT2D eigenvalue weighted by atomic mass is 32.1. The zero-order valence-corrected chi connectivity index (χ0v) is 13.2. The third-order valence-corrected chi connectivity index (χ3v) is 4.59. The van der Waals surface area contributed by atoms with Crippen LogP contribution in [0.15, 0.2) is 31.5 Å². The maximum atomic E-state index is 12.5. The van der Waals surface area contributed by atoms with Crippen molar-refractivity contribution in [2.45, 2.75) is 0 Å². The van der Waals surface area contributed by atoms with Crippen molar-refractivity contribution in [2.24, 2.45) is 14.1 Å². The predicted octanol–water partition coefficient (Wildman–Crippen LogP) is 1.11. The van der Waals surface area contributed by atoms with Gasteiger partial charge in [0.1, 0.15) is 10.6 Å². The molecule has 0 aromatic carbocycles. The lowest BCUT2D eigenvalue weighted by Gasteiger charge is -2.03. The van der Waals surface area contributed by atoms with Crippen molar-refractivity contribution < 1.29 is 9.34 Å². The first-order valence-electron chi connectivity index (χ1n) is 6.70. The van der Waals surface area contributed by atoms with Gasteiger partial charge in [-0.25, -0.2) is 9.78 Å². The molecule has 24 heavy (non-hydrogen) atoms. The molecule has 0 bridgehead atoms. The van der Waals surface area contributed by atoms with E-state index in [0.717, 1.165) is 4.57 Å². The Bertz CT molecular complexity index is 1250. The third kappa shape index (κ3) is 1.72. The number of fused-ring (bicyclic) bond motifs is 3. The molecule has 0 amide bonds. The number of aryl methyl sites for hydroxylation is 1. The number of furan rings is 1. The van der Waals surface area contributed by atoms with E-state index in [9.17, 15) is 19.7 Å². The van der Waals surface area contributed by atoms with Crippen LogP contribution in [0.1, 0.15) is 0 Å². The molecule has 0 aliphatic carbocycles. The average molecular weight is 347 g/mol. The van der Waals surface area contributed by atoms with Crippen LogP contribution >= 0.6 is 11.3 Å². The second-order valence-electron chi connectivity index (χ2n) is 5.12. The van der Waals surface area contributed by atoms with Crippen LogP contribution in [0.5, 0.6) is 0 Å². The van der Waals surface area contributed by atoms with E-state index >= 15 is 0 Å². The maximum Gasteiger partial charge on any atom is 0.433 e. The molecule has 0 fully saturated rings. The first-order valence-corrected chi connectivity index (χ1v) is 7.58. The van der Waals surface area contributed by atoms with E-state index in [-0.39, 0.29) is 16.9 Å². The van der Waals surface area contributed by atoms with Crippen LogP contribution in [-0.4, -0.2) is 23.4 Å². The third-order valence-electron chi connectivity index (χ3n) is 3.77. The van der Waals surface area contributed by atoms with Crippen molar-refractivity contribution in [3.05, 3.63) is 48.5 Å². The fourth-order valence-electron chi connectivity index (χ4n) is 2.57. The van der Waals surface area contributed by atoms with Gasteiger partial charge in [-0.15, -0.1) is 11.3 Å². The molecule has 0 unspecified atom stereocenters. The van der Waals surface area contributed by atoms with Crippen LogP contribution < -0.4 is 11.2 Å². The molecule has 4 aromatic rings. The molecule has 0 saturated carbocycles. The van der Waals surface area contributed by atoms with E-state index in [1.807, 2.05) is 0 Å². The lowest BCUT2D eigenvalue weighted by molar-refractivity contribution is -0.401. The van der Waals surface area contributed by atoms with E-state index in [4.69, 9.17) is 4.42 Å². The summed E-state index contributed by atoms with van der Waals surface area (Å²) in [6.07, 6.45) is 0. The van der Waals surface area contributed by atoms with Gasteiger partial charge in [-0.3, -0.25) is 28.4 Å². The molecule has 0 saturated heterocycles. The van der Waals surface area contributed by atoms with Crippen LogP contribution in [-0.2, 0) is 14.1 Å². The van der Waals surface area contributed by atoms with Crippen molar-refractivity contribution in [2.75, 3.05) is 0 Å². The van der Waals surface area contributed by atoms with Crippen LogP contribution in [0.2, 0.25) is 0 Å². The Morgan fingerprint density at radius 1 is 1.25 bits per heavy atom. The number of thiazole rings is 1. The second kappa shape index (κ2) is 4.64. The smallest absolute Gasteiger partial charge is 0.399 e. The fourth-order valence-corrected chi connectivity index (χ4v) is 3.44. The van der Waals surface area contributed by atoms with Gasteiger partial charge < -0.3 is 4.42 Å². The van der Waals surface area contributed by atoms with E-state index in [0.29, 0.717) is 10.7 Å². The second-order valence-corrected chi connectivity index (χ2v) is 5.96. The molecule has 11 heteroatoms. The summed E-state index contributed by atoms with van der Waals surface area (Å²) in [7, 11) is 2.91. The van der Waals surface area contributed by atoms with Gasteiger partial charge in [-0.1, -0.05) is 0 Å². The molecule has 4 heterocycles. The number of hydrogen-bond acceptors (Lipinski definition) is 7. The van der Waals surface area contributed by atoms with Crippen LogP contribution in [0.25, 0.3) is 27.6 Å². The highest BCUT2D eigenvalue weighted by molar-refractivity contribution is 7.15. The zero-order chi connectivity index (χ0) is 17.2. The Morgan fingerprint density at radius 3 is 2.67 bits per heavy atom. The van der Waals surface area contributed by atoms with E-state index < -0.39 is 22.1 Å². The Labute approximate surface area is 136 Å². The highest BCUT2D eigenvalue weighted by Gasteiger charge is 2.22. The Balaban J connectivity index is 2.14. The maximum absolute atomic E-state index is 12.5. The molecule has 0 aliphatic rings. The van der Waals surface area contributed by atoms with Gasteiger partial charge in [0.15, 0.2) is 21.9 Å². The Kier molecular flexibility index (Phi) is 2.78. The van der Waals surface area contributed by atoms with Gasteiger partial charge in [-0.05, 0) is 6.07 Å². The standard InChI is InChI=1S/C13H9N5O5S/c1-15-10-9(11(19)16(2)13(15)20)17-6(5-24-12(17)14-10)7-3-4-8(23-7)18(21)22/h3-5H,1-2H3. The molecular formula is C13H9N5O5S. The Morgan fingerprint density at radius 2 is 2.00 bits per heavy atom. The van der Waals surface area contributed by atoms with Crippen LogP contribution in [0.4, 0.5) is 5.88 Å². The van der Waals surface area contributed by atoms with Crippen molar-refractivity contribution in [1.29, 1.82) is 0 Å². The molecule has 10 nitrogen and oxygen atoms in total. The summed E-state index contributed by atoms with van der Waals surface area (Å²) in [5.41, 5.74) is -0.0572. The summed E-state index contributed by atoms with van der Waals surface area (Å²) in [4.78, 5) is 39.5. The number of nitrogens with zero attached hydrogens (tertiary/aromatic N) is 5. The molecule has 122 valence electrons. The molecule has 0 aliphatic heterocycles. The molecule has 0 radical (unpaired) electrons. The zero-order valence-electron chi connectivity index (χ0n) is 12.4. The van der Waals surface area contributed by atoms with Crippen LogP contribution in [0, 0.1) is 10.1 Å². The highest BCUT2D eigenvalue weighted by Crippen LogP contribution is 2.31. The molecule has 4 aromatic heterocycles. The minimum absolute atomic E-state index is 0.213. The SMILES string of the molecule is Cn1c(=O)c2c(nc3scc(-c4ccc([N+](=O)[O-])o4)n32)n(C)c1=O. The van der Waals surface area contributed by atoms with Gasteiger partial charge in [-0.2, -0.15) is 0 Å². The minimum atomic E-state index is -0.637. The number of nitro groups is 1. The Hall–Kier alpha value is -3.21. The first kappa shape index (κ1) is 14.4. The molecule has 4 rings (SSSR count). The quantitative estimate of drug-likeness (QED) is 0.396. The van der Waals surface area contributed by atoms with Gasteiger partial charge >= 0.3 is 11.6 Å². The van der Waals surface area contributed by atoms with Crippen molar-refractivity contribution >= 4 is 33.3 Å². The summed E-state index contributed by atoms with van der Waals surface area (Å²) in [6.45, 7) is 0. The summed E-state index contributed by atoms with van der Waals surface area (Å²) < 4.78 is 9.04. The summed E-state index contributed by atoms with van der Waals surface area (Å²) in [6, 6.07) is 2.70. The van der Waals surface area contributed by atoms with Crippen molar-refractivity contribution in [3.63, 3.8) is 0 Å². The minimum Gasteiger partial charge on any atom is -0.399 e. The monoisotopic (exact) mass is 347 g/mol. The topological polar surface area (TPSA) is 118 Å². The van der Waals surface area contributed by atoms with Gasteiger partial charge in [0.25, 0.3) is 5.56 Å². The lowest BCUT2D eigenvalue weighted by atomic mass is 10.3. The predicted molar refractivity (Wildman–Crippen MR) is 85.4 cm³/mol. The van der Waals surface area contributed by atoms with Gasteiger partial charge in [0.2, 0.25) is 0 Å². The van der Waals surface area contributed by atoms with Gasteiger partial charge in [0.05, 0.1) is 6.07 Å². The summed E-state index contributed by atoms with van der Waals surface area (Å²) in [5, 5.41) is 12.5. The van der Waals surface area contributed by atoms with Gasteiger partial charge in [0, 0.05) is 19.5 Å². The number of hydrogen-bond donors (Lipinski definition) is 0. The molecule has 0 atom stereocenters. The van der Waals surface area contributed by atoms with E-state index in [2.05, 4.69) is 4.98 Å². The molecule has 0 spiro atoms. The number of imidazole rings is 1. The van der Waals surface area contributed by atoms with E-state index in [1.54, 1.807) is 9.78 Å². The largest absolute Gasteiger partial charge is 0.433 e. The lowest BCUT2D eigenvalue weighted by Crippen LogP contribution is -2.37. The normalized spacial score (nSPS) is 11.6.